The van der Waals surface area contributed by atoms with Crippen molar-refractivity contribution in [3.63, 3.8) is 0 Å². The normalized spacial score (nSPS) is 23.5. The third kappa shape index (κ3) is 3.00. The van der Waals surface area contributed by atoms with Crippen LogP contribution in [0, 0.1) is 6.92 Å². The van der Waals surface area contributed by atoms with E-state index in [0.717, 1.165) is 40.1 Å². The summed E-state index contributed by atoms with van der Waals surface area (Å²) in [4.78, 5) is 5.15. The Hall–Kier alpha value is -1.63. The van der Waals surface area contributed by atoms with Gasteiger partial charge in [0.15, 0.2) is 5.67 Å². The number of thiophene rings is 1. The van der Waals surface area contributed by atoms with Gasteiger partial charge in [-0.15, -0.1) is 11.3 Å². The summed E-state index contributed by atoms with van der Waals surface area (Å²) < 4.78 is 22.1. The van der Waals surface area contributed by atoms with Gasteiger partial charge in [0.25, 0.3) is 0 Å². The number of rotatable bonds is 4. The van der Waals surface area contributed by atoms with Crippen LogP contribution in [0.15, 0.2) is 28.9 Å². The molecule has 26 heavy (non-hydrogen) atoms. The molecule has 1 aliphatic rings. The molecule has 0 radical (unpaired) electrons. The summed E-state index contributed by atoms with van der Waals surface area (Å²) in [5.74, 6) is 0.816. The number of aryl methyl sites for hydroxylation is 1. The standard InChI is InChI=1S/C19H21ClFN3OS/c1-11-16-17(26-18(11)19(21)7-3-2-6-14(19)22)13(9-15(20)24-16)23-10-12-5-4-8-25-12/h4-5,8-9,14H,2-3,6-7,10,22H2,1H3,(H,23,24)/t14-,19+/m0/s1. The average Bonchev–Trinajstić information content (AvgIpc) is 3.24. The smallest absolute Gasteiger partial charge is 0.160 e. The Bertz CT molecular complexity index is 927. The lowest BCUT2D eigenvalue weighted by Gasteiger charge is -2.35. The maximum absolute atomic E-state index is 15.8. The van der Waals surface area contributed by atoms with Crippen molar-refractivity contribution in [1.82, 2.24) is 4.98 Å². The maximum atomic E-state index is 15.8. The van der Waals surface area contributed by atoms with Crippen LogP contribution >= 0.6 is 22.9 Å². The number of nitrogens with two attached hydrogens (primary N) is 1. The first kappa shape index (κ1) is 17.8. The van der Waals surface area contributed by atoms with E-state index in [9.17, 15) is 0 Å². The molecular weight excluding hydrogens is 373 g/mol. The number of nitrogens with zero attached hydrogens (tertiary/aromatic N) is 1. The minimum absolute atomic E-state index is 0.382. The van der Waals surface area contributed by atoms with E-state index < -0.39 is 11.7 Å². The first-order valence-corrected chi connectivity index (χ1v) is 9.99. The van der Waals surface area contributed by atoms with E-state index >= 15 is 4.39 Å². The second-order valence-electron chi connectivity index (χ2n) is 6.87. The predicted molar refractivity (Wildman–Crippen MR) is 105 cm³/mol. The number of alkyl halides is 1. The number of aromatic nitrogens is 1. The molecule has 0 aliphatic heterocycles. The number of fused-ring (bicyclic) bond motifs is 1. The second kappa shape index (κ2) is 6.83. The Morgan fingerprint density at radius 2 is 2.35 bits per heavy atom. The van der Waals surface area contributed by atoms with Crippen molar-refractivity contribution in [2.45, 2.75) is 50.9 Å². The van der Waals surface area contributed by atoms with E-state index in [0.29, 0.717) is 29.4 Å². The summed E-state index contributed by atoms with van der Waals surface area (Å²) in [6, 6.07) is 5.04. The van der Waals surface area contributed by atoms with Gasteiger partial charge in [-0.3, -0.25) is 0 Å². The van der Waals surface area contributed by atoms with Crippen molar-refractivity contribution in [3.05, 3.63) is 45.8 Å². The van der Waals surface area contributed by atoms with Crippen LogP contribution in [0.2, 0.25) is 5.15 Å². The van der Waals surface area contributed by atoms with Gasteiger partial charge in [-0.2, -0.15) is 0 Å². The summed E-state index contributed by atoms with van der Waals surface area (Å²) in [7, 11) is 0. The minimum atomic E-state index is -1.49. The van der Waals surface area contributed by atoms with Gasteiger partial charge in [0.1, 0.15) is 10.9 Å². The Balaban J connectivity index is 1.77. The fourth-order valence-electron chi connectivity index (χ4n) is 3.71. The second-order valence-corrected chi connectivity index (χ2v) is 8.28. The third-order valence-electron chi connectivity index (χ3n) is 5.15. The molecule has 0 spiro atoms. The number of halogens is 2. The van der Waals surface area contributed by atoms with Gasteiger partial charge in [0.2, 0.25) is 0 Å². The first-order chi connectivity index (χ1) is 12.5. The highest BCUT2D eigenvalue weighted by Crippen LogP contribution is 2.48. The number of hydrogen-bond donors (Lipinski definition) is 2. The lowest BCUT2D eigenvalue weighted by molar-refractivity contribution is 0.0830. The van der Waals surface area contributed by atoms with Crippen molar-refractivity contribution < 1.29 is 8.81 Å². The Morgan fingerprint density at radius 1 is 1.50 bits per heavy atom. The summed E-state index contributed by atoms with van der Waals surface area (Å²) in [5, 5.41) is 3.72. The molecule has 0 saturated heterocycles. The van der Waals surface area contributed by atoms with Crippen molar-refractivity contribution in [3.8, 4) is 0 Å². The number of pyridine rings is 1. The molecule has 2 atom stereocenters. The summed E-state index contributed by atoms with van der Waals surface area (Å²) in [5.41, 5.74) is 7.12. The fourth-order valence-corrected chi connectivity index (χ4v) is 5.32. The van der Waals surface area contributed by atoms with E-state index in [1.165, 1.54) is 11.3 Å². The number of hydrogen-bond acceptors (Lipinski definition) is 5. The predicted octanol–water partition coefficient (Wildman–Crippen LogP) is 5.53. The van der Waals surface area contributed by atoms with E-state index in [1.54, 1.807) is 12.3 Å². The molecule has 3 aromatic heterocycles. The fraction of sp³-hybridized carbons (Fsp3) is 0.421. The van der Waals surface area contributed by atoms with Crippen LogP contribution in [0.25, 0.3) is 10.2 Å². The largest absolute Gasteiger partial charge is 0.467 e. The number of furan rings is 1. The Kier molecular flexibility index (Phi) is 4.67. The van der Waals surface area contributed by atoms with Crippen molar-refractivity contribution in [2.75, 3.05) is 5.32 Å². The molecule has 0 amide bonds. The van der Waals surface area contributed by atoms with Gasteiger partial charge in [0.05, 0.1) is 28.7 Å². The van der Waals surface area contributed by atoms with Crippen molar-refractivity contribution >= 4 is 38.8 Å². The van der Waals surface area contributed by atoms with Crippen LogP contribution in [0.1, 0.15) is 41.9 Å². The summed E-state index contributed by atoms with van der Waals surface area (Å²) in [6.07, 6.45) is 4.65. The van der Waals surface area contributed by atoms with Gasteiger partial charge < -0.3 is 15.5 Å². The van der Waals surface area contributed by atoms with Gasteiger partial charge >= 0.3 is 0 Å². The lowest BCUT2D eigenvalue weighted by Crippen LogP contribution is -2.44. The van der Waals surface area contributed by atoms with E-state index in [4.69, 9.17) is 21.8 Å². The van der Waals surface area contributed by atoms with Crippen LogP contribution in [0.3, 0.4) is 0 Å². The van der Waals surface area contributed by atoms with Gasteiger partial charge in [-0.25, -0.2) is 9.37 Å². The molecule has 1 aliphatic carbocycles. The first-order valence-electron chi connectivity index (χ1n) is 8.80. The average molecular weight is 394 g/mol. The molecule has 1 saturated carbocycles. The zero-order valence-electron chi connectivity index (χ0n) is 14.5. The number of nitrogens with one attached hydrogen (secondary N) is 1. The maximum Gasteiger partial charge on any atom is 0.160 e. The zero-order valence-corrected chi connectivity index (χ0v) is 16.1. The number of anilines is 1. The van der Waals surface area contributed by atoms with E-state index in [2.05, 4.69) is 10.3 Å². The monoisotopic (exact) mass is 393 g/mol. The van der Waals surface area contributed by atoms with Gasteiger partial charge in [0, 0.05) is 17.0 Å². The van der Waals surface area contributed by atoms with Crippen molar-refractivity contribution in [2.24, 2.45) is 5.73 Å². The summed E-state index contributed by atoms with van der Waals surface area (Å²) in [6.45, 7) is 2.44. The van der Waals surface area contributed by atoms with Crippen LogP contribution in [-0.4, -0.2) is 11.0 Å². The molecular formula is C19H21ClFN3OS. The SMILES string of the molecule is Cc1c([C@@]2(F)CCCC[C@@H]2N)sc2c(NCc3ccco3)cc(Cl)nc12. The molecule has 3 N–H and O–H groups in total. The van der Waals surface area contributed by atoms with E-state index in [1.807, 2.05) is 19.1 Å². The molecule has 3 heterocycles. The van der Waals surface area contributed by atoms with Gasteiger partial charge in [-0.05, 0) is 43.9 Å². The highest BCUT2D eigenvalue weighted by Gasteiger charge is 2.43. The molecule has 0 unspecified atom stereocenters. The highest BCUT2D eigenvalue weighted by molar-refractivity contribution is 7.20. The van der Waals surface area contributed by atoms with Gasteiger partial charge in [-0.1, -0.05) is 18.0 Å². The van der Waals surface area contributed by atoms with Crippen LogP contribution < -0.4 is 11.1 Å². The quantitative estimate of drug-likeness (QED) is 0.572. The molecule has 0 bridgehead atoms. The Morgan fingerprint density at radius 3 is 3.08 bits per heavy atom. The molecule has 3 aromatic rings. The Labute approximate surface area is 160 Å². The molecule has 4 nitrogen and oxygen atoms in total. The molecule has 4 rings (SSSR count). The molecule has 1 fully saturated rings. The summed E-state index contributed by atoms with van der Waals surface area (Å²) >= 11 is 7.66. The highest BCUT2D eigenvalue weighted by atomic mass is 35.5. The topological polar surface area (TPSA) is 64.1 Å². The molecule has 0 aromatic carbocycles. The zero-order chi connectivity index (χ0) is 18.3. The van der Waals surface area contributed by atoms with Crippen LogP contribution in [0.5, 0.6) is 0 Å². The van der Waals surface area contributed by atoms with Crippen molar-refractivity contribution in [1.29, 1.82) is 0 Å². The third-order valence-corrected chi connectivity index (χ3v) is 6.81. The molecule has 138 valence electrons. The van der Waals surface area contributed by atoms with Crippen LogP contribution in [0.4, 0.5) is 10.1 Å². The lowest BCUT2D eigenvalue weighted by atomic mass is 9.80. The molecule has 7 heteroatoms. The van der Waals surface area contributed by atoms with Crippen LogP contribution in [-0.2, 0) is 12.2 Å². The minimum Gasteiger partial charge on any atom is -0.467 e. The van der Waals surface area contributed by atoms with E-state index in [-0.39, 0.29) is 0 Å².